The molecule has 0 saturated carbocycles. The van der Waals surface area contributed by atoms with Gasteiger partial charge in [-0.1, -0.05) is 29.8 Å². The summed E-state index contributed by atoms with van der Waals surface area (Å²) in [4.78, 5) is 12.0. The molecule has 2 aromatic rings. The molecule has 0 aliphatic carbocycles. The lowest BCUT2D eigenvalue weighted by Gasteiger charge is -2.13. The minimum Gasteiger partial charge on any atom is -0.433 e. The van der Waals surface area contributed by atoms with Gasteiger partial charge in [-0.25, -0.2) is 0 Å². The number of amides is 1. The van der Waals surface area contributed by atoms with E-state index in [4.69, 9.17) is 0 Å². The van der Waals surface area contributed by atoms with Crippen LogP contribution in [0.1, 0.15) is 11.1 Å². The third-order valence-corrected chi connectivity index (χ3v) is 3.20. The molecule has 0 saturated heterocycles. The number of hydrogen-bond acceptors (Lipinski definition) is 3. The van der Waals surface area contributed by atoms with E-state index in [0.29, 0.717) is 0 Å². The molecule has 1 amide bonds. The highest BCUT2D eigenvalue weighted by Gasteiger charge is 2.11. The maximum absolute atomic E-state index is 12.3. The number of carbonyl (C=O) groups is 1. The summed E-state index contributed by atoms with van der Waals surface area (Å²) in [6.45, 7) is 1.01. The minimum absolute atomic E-state index is 0.0207. The van der Waals surface area contributed by atoms with Crippen LogP contribution in [-0.2, 0) is 4.79 Å². The molecule has 0 atom stereocenters. The summed E-state index contributed by atoms with van der Waals surface area (Å²) in [5.74, 6) is -0.419. The largest absolute Gasteiger partial charge is 0.433 e. The first-order valence-electron chi connectivity index (χ1n) is 7.10. The number of hydrogen-bond donors (Lipinski definition) is 2. The smallest absolute Gasteiger partial charge is 0.387 e. The zero-order chi connectivity index (χ0) is 16.8. The van der Waals surface area contributed by atoms with Gasteiger partial charge >= 0.3 is 6.61 Å². The van der Waals surface area contributed by atoms with Crippen molar-refractivity contribution in [1.82, 2.24) is 0 Å². The van der Waals surface area contributed by atoms with E-state index in [2.05, 4.69) is 15.4 Å². The molecule has 0 aliphatic rings. The number of ether oxygens (including phenoxy) is 1. The average Bonchev–Trinajstić information content (AvgIpc) is 2.48. The van der Waals surface area contributed by atoms with E-state index in [-0.39, 0.29) is 23.9 Å². The van der Waals surface area contributed by atoms with E-state index in [9.17, 15) is 13.6 Å². The molecule has 23 heavy (non-hydrogen) atoms. The number of carbonyl (C=O) groups excluding carboxylic acids is 1. The van der Waals surface area contributed by atoms with E-state index in [1.54, 1.807) is 12.1 Å². The van der Waals surface area contributed by atoms with Crippen LogP contribution in [0.15, 0.2) is 42.5 Å². The molecule has 0 bridgehead atoms. The van der Waals surface area contributed by atoms with E-state index in [0.717, 1.165) is 16.8 Å². The summed E-state index contributed by atoms with van der Waals surface area (Å²) in [6, 6.07) is 11.9. The van der Waals surface area contributed by atoms with Crippen LogP contribution < -0.4 is 15.4 Å². The fourth-order valence-electron chi connectivity index (χ4n) is 2.15. The van der Waals surface area contributed by atoms with Crippen LogP contribution in [-0.4, -0.2) is 19.1 Å². The molecule has 6 heteroatoms. The lowest BCUT2D eigenvalue weighted by Crippen LogP contribution is -2.22. The topological polar surface area (TPSA) is 50.4 Å². The Labute approximate surface area is 133 Å². The maximum Gasteiger partial charge on any atom is 0.387 e. The molecule has 0 radical (unpaired) electrons. The van der Waals surface area contributed by atoms with Crippen LogP contribution in [0.3, 0.4) is 0 Å². The van der Waals surface area contributed by atoms with Crippen molar-refractivity contribution >= 4 is 17.3 Å². The SMILES string of the molecule is Cc1ccc(NCC(=O)Nc2ccccc2OC(F)F)c(C)c1. The van der Waals surface area contributed by atoms with Gasteiger partial charge in [0.05, 0.1) is 12.2 Å². The van der Waals surface area contributed by atoms with Gasteiger partial charge in [0.2, 0.25) is 5.91 Å². The van der Waals surface area contributed by atoms with Gasteiger partial charge in [0, 0.05) is 5.69 Å². The molecule has 4 nitrogen and oxygen atoms in total. The Hall–Kier alpha value is -2.63. The van der Waals surface area contributed by atoms with Crippen LogP contribution in [0.4, 0.5) is 20.2 Å². The summed E-state index contributed by atoms with van der Waals surface area (Å²) >= 11 is 0. The van der Waals surface area contributed by atoms with Crippen molar-refractivity contribution in [3.8, 4) is 5.75 Å². The highest BCUT2D eigenvalue weighted by Crippen LogP contribution is 2.25. The molecule has 0 spiro atoms. The molecule has 0 aliphatic heterocycles. The van der Waals surface area contributed by atoms with Crippen molar-refractivity contribution in [2.24, 2.45) is 0 Å². The molecular weight excluding hydrogens is 302 g/mol. The Morgan fingerprint density at radius 3 is 2.57 bits per heavy atom. The van der Waals surface area contributed by atoms with Gasteiger partial charge in [-0.2, -0.15) is 8.78 Å². The molecule has 0 heterocycles. The first-order chi connectivity index (χ1) is 11.0. The number of aryl methyl sites for hydroxylation is 2. The predicted octanol–water partition coefficient (Wildman–Crippen LogP) is 3.96. The highest BCUT2D eigenvalue weighted by atomic mass is 19.3. The summed E-state index contributed by atoms with van der Waals surface area (Å²) in [6.07, 6.45) is 0. The predicted molar refractivity (Wildman–Crippen MR) is 86.1 cm³/mol. The second kappa shape index (κ2) is 7.58. The molecule has 2 rings (SSSR count). The Kier molecular flexibility index (Phi) is 5.51. The van der Waals surface area contributed by atoms with Gasteiger partial charge in [0.15, 0.2) is 0 Å². The molecule has 2 N–H and O–H groups in total. The van der Waals surface area contributed by atoms with Crippen LogP contribution in [0, 0.1) is 13.8 Å². The number of benzene rings is 2. The van der Waals surface area contributed by atoms with Crippen molar-refractivity contribution in [3.05, 3.63) is 53.6 Å². The first kappa shape index (κ1) is 16.7. The Morgan fingerprint density at radius 2 is 1.87 bits per heavy atom. The average molecular weight is 320 g/mol. The van der Waals surface area contributed by atoms with Gasteiger partial charge in [0.25, 0.3) is 0 Å². The standard InChI is InChI=1S/C17H18F2N2O2/c1-11-7-8-13(12(2)9-11)20-10-16(22)21-14-5-3-4-6-15(14)23-17(18)19/h3-9,17,20H,10H2,1-2H3,(H,21,22). The summed E-state index contributed by atoms with van der Waals surface area (Å²) in [5, 5.41) is 5.58. The van der Waals surface area contributed by atoms with Crippen molar-refractivity contribution in [1.29, 1.82) is 0 Å². The van der Waals surface area contributed by atoms with E-state index in [1.807, 2.05) is 32.0 Å². The lowest BCUT2D eigenvalue weighted by molar-refractivity contribution is -0.114. The van der Waals surface area contributed by atoms with Gasteiger partial charge in [0.1, 0.15) is 5.75 Å². The van der Waals surface area contributed by atoms with Crippen molar-refractivity contribution < 1.29 is 18.3 Å². The molecule has 0 fully saturated rings. The lowest BCUT2D eigenvalue weighted by atomic mass is 10.1. The fourth-order valence-corrected chi connectivity index (χ4v) is 2.15. The Balaban J connectivity index is 1.97. The zero-order valence-electron chi connectivity index (χ0n) is 12.9. The van der Waals surface area contributed by atoms with Gasteiger partial charge in [-0.3, -0.25) is 4.79 Å². The number of anilines is 2. The van der Waals surface area contributed by atoms with Crippen molar-refractivity contribution in [3.63, 3.8) is 0 Å². The third kappa shape index (κ3) is 4.95. The molecule has 122 valence electrons. The van der Waals surface area contributed by atoms with Crippen LogP contribution in [0.5, 0.6) is 5.75 Å². The van der Waals surface area contributed by atoms with Crippen LogP contribution >= 0.6 is 0 Å². The number of rotatable bonds is 6. The monoisotopic (exact) mass is 320 g/mol. The second-order valence-electron chi connectivity index (χ2n) is 5.09. The number of halogens is 2. The number of alkyl halides is 2. The molecule has 0 unspecified atom stereocenters. The van der Waals surface area contributed by atoms with E-state index < -0.39 is 6.61 Å². The summed E-state index contributed by atoms with van der Waals surface area (Å²) in [7, 11) is 0. The quantitative estimate of drug-likeness (QED) is 0.847. The normalized spacial score (nSPS) is 10.5. The second-order valence-corrected chi connectivity index (χ2v) is 5.09. The maximum atomic E-state index is 12.3. The molecule has 0 aromatic heterocycles. The van der Waals surface area contributed by atoms with Crippen molar-refractivity contribution in [2.45, 2.75) is 20.5 Å². The van der Waals surface area contributed by atoms with Gasteiger partial charge < -0.3 is 15.4 Å². The highest BCUT2D eigenvalue weighted by molar-refractivity contribution is 5.95. The summed E-state index contributed by atoms with van der Waals surface area (Å²) in [5.41, 5.74) is 3.22. The van der Waals surface area contributed by atoms with Crippen LogP contribution in [0.2, 0.25) is 0 Å². The Bertz CT molecular complexity index is 690. The Morgan fingerprint density at radius 1 is 1.13 bits per heavy atom. The number of nitrogens with one attached hydrogen (secondary N) is 2. The van der Waals surface area contributed by atoms with Gasteiger partial charge in [-0.15, -0.1) is 0 Å². The van der Waals surface area contributed by atoms with Crippen molar-refractivity contribution in [2.75, 3.05) is 17.2 Å². The zero-order valence-corrected chi connectivity index (χ0v) is 12.9. The third-order valence-electron chi connectivity index (χ3n) is 3.20. The van der Waals surface area contributed by atoms with E-state index >= 15 is 0 Å². The van der Waals surface area contributed by atoms with Crippen LogP contribution in [0.25, 0.3) is 0 Å². The van der Waals surface area contributed by atoms with E-state index in [1.165, 1.54) is 12.1 Å². The van der Waals surface area contributed by atoms with Gasteiger partial charge in [-0.05, 0) is 37.6 Å². The number of para-hydroxylation sites is 2. The first-order valence-corrected chi connectivity index (χ1v) is 7.10. The summed E-state index contributed by atoms with van der Waals surface area (Å²) < 4.78 is 29.0. The fraction of sp³-hybridized carbons (Fsp3) is 0.235. The minimum atomic E-state index is -2.94. The molecular formula is C17H18F2N2O2. The molecule has 2 aromatic carbocycles.